The van der Waals surface area contributed by atoms with Crippen molar-refractivity contribution in [3.05, 3.63) is 16.1 Å². The minimum Gasteiger partial charge on any atom is -0.327 e. The van der Waals surface area contributed by atoms with Crippen LogP contribution in [0.25, 0.3) is 0 Å². The Bertz CT molecular complexity index is 322. The molecule has 1 unspecified atom stereocenters. The lowest BCUT2D eigenvalue weighted by Crippen LogP contribution is -2.22. The first-order valence-corrected chi connectivity index (χ1v) is 6.04. The van der Waals surface area contributed by atoms with E-state index in [1.165, 1.54) is 0 Å². The lowest BCUT2D eigenvalue weighted by molar-refractivity contribution is -0.127. The molecule has 1 aromatic rings. The smallest absolute Gasteiger partial charge is 0.327 e. The standard InChI is InChI=1S/C10H15F3N2S/c1-2-3-7(14)4-8-6-16-9(15-8)5-10(11,12)13/h6-7H,2-5,14H2,1H3. The molecule has 0 bridgehead atoms. The van der Waals surface area contributed by atoms with Crippen LogP contribution in [0.2, 0.25) is 0 Å². The highest BCUT2D eigenvalue weighted by atomic mass is 32.1. The Balaban J connectivity index is 2.51. The number of halogens is 3. The molecule has 1 aromatic heterocycles. The molecule has 0 aromatic carbocycles. The highest BCUT2D eigenvalue weighted by Gasteiger charge is 2.29. The van der Waals surface area contributed by atoms with Gasteiger partial charge in [-0.1, -0.05) is 13.3 Å². The fourth-order valence-electron chi connectivity index (χ4n) is 1.44. The van der Waals surface area contributed by atoms with Crippen LogP contribution in [0.3, 0.4) is 0 Å². The number of nitrogens with two attached hydrogens (primary N) is 1. The molecule has 2 N–H and O–H groups in total. The molecule has 92 valence electrons. The summed E-state index contributed by atoms with van der Waals surface area (Å²) in [4.78, 5) is 3.94. The number of hydrogen-bond acceptors (Lipinski definition) is 3. The van der Waals surface area contributed by atoms with Crippen molar-refractivity contribution in [1.82, 2.24) is 4.98 Å². The van der Waals surface area contributed by atoms with Gasteiger partial charge in [-0.2, -0.15) is 13.2 Å². The monoisotopic (exact) mass is 252 g/mol. The van der Waals surface area contributed by atoms with Crippen LogP contribution in [-0.4, -0.2) is 17.2 Å². The highest BCUT2D eigenvalue weighted by molar-refractivity contribution is 7.09. The second kappa shape index (κ2) is 5.63. The average molecular weight is 252 g/mol. The van der Waals surface area contributed by atoms with E-state index < -0.39 is 12.6 Å². The summed E-state index contributed by atoms with van der Waals surface area (Å²) >= 11 is 1.05. The first-order valence-electron chi connectivity index (χ1n) is 5.16. The summed E-state index contributed by atoms with van der Waals surface area (Å²) in [7, 11) is 0. The van der Waals surface area contributed by atoms with E-state index in [1.807, 2.05) is 6.92 Å². The van der Waals surface area contributed by atoms with E-state index in [-0.39, 0.29) is 11.0 Å². The van der Waals surface area contributed by atoms with Crippen LogP contribution in [0.15, 0.2) is 5.38 Å². The third kappa shape index (κ3) is 4.94. The number of nitrogens with zero attached hydrogens (tertiary/aromatic N) is 1. The maximum atomic E-state index is 12.1. The molecule has 0 aliphatic rings. The van der Waals surface area contributed by atoms with Gasteiger partial charge in [-0.05, 0) is 6.42 Å². The van der Waals surface area contributed by atoms with Gasteiger partial charge in [-0.3, -0.25) is 0 Å². The fraction of sp³-hybridized carbons (Fsp3) is 0.700. The van der Waals surface area contributed by atoms with Gasteiger partial charge in [-0.15, -0.1) is 11.3 Å². The first-order chi connectivity index (χ1) is 7.40. The van der Waals surface area contributed by atoms with Crippen LogP contribution >= 0.6 is 11.3 Å². The topological polar surface area (TPSA) is 38.9 Å². The van der Waals surface area contributed by atoms with Crippen molar-refractivity contribution in [3.8, 4) is 0 Å². The van der Waals surface area contributed by atoms with E-state index in [2.05, 4.69) is 4.98 Å². The van der Waals surface area contributed by atoms with Gasteiger partial charge in [0.1, 0.15) is 5.01 Å². The van der Waals surface area contributed by atoms with Gasteiger partial charge in [0.05, 0.1) is 12.1 Å². The van der Waals surface area contributed by atoms with E-state index in [4.69, 9.17) is 5.73 Å². The summed E-state index contributed by atoms with van der Waals surface area (Å²) < 4.78 is 36.2. The van der Waals surface area contributed by atoms with Crippen LogP contribution in [0.5, 0.6) is 0 Å². The zero-order valence-corrected chi connectivity index (χ0v) is 9.87. The molecule has 2 nitrogen and oxygen atoms in total. The first kappa shape index (κ1) is 13.4. The van der Waals surface area contributed by atoms with Crippen LogP contribution in [0.1, 0.15) is 30.5 Å². The van der Waals surface area contributed by atoms with Gasteiger partial charge in [0.15, 0.2) is 0 Å². The quantitative estimate of drug-likeness (QED) is 0.875. The van der Waals surface area contributed by atoms with E-state index in [0.717, 1.165) is 24.2 Å². The number of aromatic nitrogens is 1. The van der Waals surface area contributed by atoms with E-state index in [0.29, 0.717) is 12.1 Å². The van der Waals surface area contributed by atoms with Gasteiger partial charge in [-0.25, -0.2) is 4.98 Å². The van der Waals surface area contributed by atoms with E-state index in [1.54, 1.807) is 5.38 Å². The predicted molar refractivity (Wildman–Crippen MR) is 58.5 cm³/mol. The molecule has 0 spiro atoms. The molecule has 6 heteroatoms. The summed E-state index contributed by atoms with van der Waals surface area (Å²) in [5.74, 6) is 0. The van der Waals surface area contributed by atoms with Crippen molar-refractivity contribution in [3.63, 3.8) is 0 Å². The maximum Gasteiger partial charge on any atom is 0.395 e. The van der Waals surface area contributed by atoms with Crippen LogP contribution in [0.4, 0.5) is 13.2 Å². The number of hydrogen-bond donors (Lipinski definition) is 1. The summed E-state index contributed by atoms with van der Waals surface area (Å²) in [5.41, 5.74) is 6.47. The third-order valence-electron chi connectivity index (χ3n) is 2.08. The maximum absolute atomic E-state index is 12.1. The molecule has 1 rings (SSSR count). The largest absolute Gasteiger partial charge is 0.395 e. The van der Waals surface area contributed by atoms with E-state index >= 15 is 0 Å². The van der Waals surface area contributed by atoms with Crippen LogP contribution in [-0.2, 0) is 12.8 Å². The molecule has 16 heavy (non-hydrogen) atoms. The minimum absolute atomic E-state index is 0.00848. The molecule has 1 heterocycles. The van der Waals surface area contributed by atoms with Gasteiger partial charge in [0.25, 0.3) is 0 Å². The minimum atomic E-state index is -4.18. The van der Waals surface area contributed by atoms with Crippen molar-refractivity contribution in [2.75, 3.05) is 0 Å². The summed E-state index contributed by atoms with van der Waals surface area (Å²) in [5, 5.41) is 1.78. The molecule has 0 saturated heterocycles. The molecule has 0 saturated carbocycles. The van der Waals surface area contributed by atoms with Crippen molar-refractivity contribution < 1.29 is 13.2 Å². The molecule has 0 radical (unpaired) electrons. The third-order valence-corrected chi connectivity index (χ3v) is 2.98. The summed E-state index contributed by atoms with van der Waals surface area (Å²) in [6, 6.07) is -0.00848. The van der Waals surface area contributed by atoms with E-state index in [9.17, 15) is 13.2 Å². The number of rotatable bonds is 5. The SMILES string of the molecule is CCCC(N)Cc1csc(CC(F)(F)F)n1. The second-order valence-corrected chi connectivity index (χ2v) is 4.72. The Morgan fingerprint density at radius 2 is 2.19 bits per heavy atom. The van der Waals surface area contributed by atoms with Gasteiger partial charge < -0.3 is 5.73 Å². The summed E-state index contributed by atoms with van der Waals surface area (Å²) in [6.45, 7) is 2.02. The lowest BCUT2D eigenvalue weighted by atomic mass is 10.1. The van der Waals surface area contributed by atoms with Crippen molar-refractivity contribution in [2.45, 2.75) is 44.8 Å². The summed E-state index contributed by atoms with van der Waals surface area (Å²) in [6.07, 6.45) is -2.73. The van der Waals surface area contributed by atoms with Crippen LogP contribution in [0, 0.1) is 0 Å². The Labute approximate surface area is 96.7 Å². The highest BCUT2D eigenvalue weighted by Crippen LogP contribution is 2.23. The average Bonchev–Trinajstić information content (AvgIpc) is 2.49. The zero-order chi connectivity index (χ0) is 12.2. The second-order valence-electron chi connectivity index (χ2n) is 3.78. The Morgan fingerprint density at radius 1 is 1.50 bits per heavy atom. The molecule has 0 fully saturated rings. The number of thiazole rings is 1. The zero-order valence-electron chi connectivity index (χ0n) is 9.05. The fourth-order valence-corrected chi connectivity index (χ4v) is 2.27. The van der Waals surface area contributed by atoms with Crippen LogP contribution < -0.4 is 5.73 Å². The van der Waals surface area contributed by atoms with Gasteiger partial charge >= 0.3 is 6.18 Å². The normalized spacial score (nSPS) is 14.1. The molecular weight excluding hydrogens is 237 g/mol. The van der Waals surface area contributed by atoms with Crippen molar-refractivity contribution >= 4 is 11.3 Å². The van der Waals surface area contributed by atoms with Crippen molar-refractivity contribution in [2.24, 2.45) is 5.73 Å². The van der Waals surface area contributed by atoms with Crippen molar-refractivity contribution in [1.29, 1.82) is 0 Å². The number of alkyl halides is 3. The Kier molecular flexibility index (Phi) is 4.73. The van der Waals surface area contributed by atoms with Gasteiger partial charge in [0, 0.05) is 17.8 Å². The lowest BCUT2D eigenvalue weighted by Gasteiger charge is -2.07. The Morgan fingerprint density at radius 3 is 2.75 bits per heavy atom. The molecule has 1 atom stereocenters. The molecule has 0 aliphatic heterocycles. The predicted octanol–water partition coefficient (Wildman–Crippen LogP) is 2.92. The molecular formula is C10H15F3N2S. The van der Waals surface area contributed by atoms with Gasteiger partial charge in [0.2, 0.25) is 0 Å². The molecule has 0 aliphatic carbocycles. The Hall–Kier alpha value is -0.620. The molecule has 0 amide bonds.